The molecule has 0 unspecified atom stereocenters. The molecule has 1 aliphatic carbocycles. The number of rotatable bonds is 5. The van der Waals surface area contributed by atoms with E-state index in [9.17, 15) is 9.50 Å². The zero-order valence-corrected chi connectivity index (χ0v) is 14.6. The SMILES string of the molecule is OC1CC([C@H](Nc2ncc(F)c(N3CCOCC3)n2)c2cccs2)C1. The second-order valence-electron chi connectivity index (χ2n) is 6.49. The fourth-order valence-corrected chi connectivity index (χ4v) is 4.22. The van der Waals surface area contributed by atoms with Crippen LogP contribution in [0, 0.1) is 11.7 Å². The van der Waals surface area contributed by atoms with Gasteiger partial charge in [0.05, 0.1) is 31.6 Å². The van der Waals surface area contributed by atoms with Gasteiger partial charge < -0.3 is 20.1 Å². The smallest absolute Gasteiger partial charge is 0.225 e. The number of nitrogens with zero attached hydrogens (tertiary/aromatic N) is 3. The van der Waals surface area contributed by atoms with Gasteiger partial charge >= 0.3 is 0 Å². The van der Waals surface area contributed by atoms with Gasteiger partial charge in [0.1, 0.15) is 0 Å². The van der Waals surface area contributed by atoms with Crippen LogP contribution in [0.4, 0.5) is 16.2 Å². The molecule has 1 aliphatic heterocycles. The molecule has 0 amide bonds. The standard InChI is InChI=1S/C17H21FN4O2S/c18-13-10-19-17(21-16(13)22-3-5-24-6-4-22)20-15(11-8-12(23)9-11)14-2-1-7-25-14/h1-2,7,10-12,15,23H,3-6,8-9H2,(H,19,20,21)/t11?,12?,15-/m0/s1. The van der Waals surface area contributed by atoms with Gasteiger partial charge in [-0.05, 0) is 30.2 Å². The summed E-state index contributed by atoms with van der Waals surface area (Å²) in [7, 11) is 0. The fourth-order valence-electron chi connectivity index (χ4n) is 3.36. The van der Waals surface area contributed by atoms with Gasteiger partial charge in [-0.2, -0.15) is 4.98 Å². The predicted octanol–water partition coefficient (Wildman–Crippen LogP) is 2.44. The molecular weight excluding hydrogens is 343 g/mol. The molecule has 25 heavy (non-hydrogen) atoms. The highest BCUT2D eigenvalue weighted by Crippen LogP contribution is 2.41. The second-order valence-corrected chi connectivity index (χ2v) is 7.47. The number of ether oxygens (including phenoxy) is 1. The van der Waals surface area contributed by atoms with E-state index in [0.29, 0.717) is 44.0 Å². The minimum atomic E-state index is -0.417. The summed E-state index contributed by atoms with van der Waals surface area (Å²) in [5, 5.41) is 15.1. The lowest BCUT2D eigenvalue weighted by molar-refractivity contribution is 0.0343. The molecule has 4 rings (SSSR count). The van der Waals surface area contributed by atoms with Crippen molar-refractivity contribution in [3.63, 3.8) is 0 Å². The molecule has 8 heteroatoms. The van der Waals surface area contributed by atoms with E-state index in [-0.39, 0.29) is 12.1 Å². The Bertz CT molecular complexity index is 703. The minimum absolute atomic E-state index is 0.0337. The van der Waals surface area contributed by atoms with Crippen LogP contribution in [-0.2, 0) is 4.74 Å². The molecule has 1 saturated heterocycles. The summed E-state index contributed by atoms with van der Waals surface area (Å²) < 4.78 is 19.5. The topological polar surface area (TPSA) is 70.5 Å². The molecule has 6 nitrogen and oxygen atoms in total. The molecule has 2 aromatic rings. The van der Waals surface area contributed by atoms with Crippen molar-refractivity contribution in [2.45, 2.75) is 25.0 Å². The van der Waals surface area contributed by atoms with Crippen LogP contribution in [0.1, 0.15) is 23.8 Å². The first-order valence-corrected chi connectivity index (χ1v) is 9.42. The molecule has 0 spiro atoms. The van der Waals surface area contributed by atoms with E-state index in [4.69, 9.17) is 4.74 Å². The first-order chi connectivity index (χ1) is 12.2. The van der Waals surface area contributed by atoms with Gasteiger partial charge in [-0.25, -0.2) is 9.37 Å². The molecule has 1 atom stereocenters. The van der Waals surface area contributed by atoms with E-state index in [0.717, 1.165) is 12.8 Å². The van der Waals surface area contributed by atoms with Crippen molar-refractivity contribution in [3.8, 4) is 0 Å². The summed E-state index contributed by atoms with van der Waals surface area (Å²) in [6.07, 6.45) is 2.51. The Morgan fingerprint density at radius 2 is 2.16 bits per heavy atom. The van der Waals surface area contributed by atoms with Crippen LogP contribution in [0.15, 0.2) is 23.7 Å². The summed E-state index contributed by atoms with van der Waals surface area (Å²) in [5.41, 5.74) is 0. The van der Waals surface area contributed by atoms with Gasteiger partial charge in [-0.1, -0.05) is 6.07 Å². The van der Waals surface area contributed by atoms with E-state index in [1.807, 2.05) is 16.3 Å². The summed E-state index contributed by atoms with van der Waals surface area (Å²) in [4.78, 5) is 11.6. The Kier molecular flexibility index (Phi) is 4.82. The first kappa shape index (κ1) is 16.7. The normalized spacial score (nSPS) is 24.6. The number of morpholine rings is 1. The third-order valence-electron chi connectivity index (χ3n) is 4.79. The van der Waals surface area contributed by atoms with Crippen LogP contribution >= 0.6 is 11.3 Å². The quantitative estimate of drug-likeness (QED) is 0.849. The molecule has 2 aliphatic rings. The van der Waals surface area contributed by atoms with Gasteiger partial charge in [0, 0.05) is 18.0 Å². The van der Waals surface area contributed by atoms with Crippen LogP contribution in [-0.4, -0.2) is 47.5 Å². The lowest BCUT2D eigenvalue weighted by atomic mass is 9.77. The number of halogens is 1. The number of aliphatic hydroxyl groups is 1. The van der Waals surface area contributed by atoms with E-state index in [1.54, 1.807) is 11.3 Å². The Balaban J connectivity index is 1.55. The first-order valence-electron chi connectivity index (χ1n) is 8.54. The Labute approximate surface area is 149 Å². The summed E-state index contributed by atoms with van der Waals surface area (Å²) >= 11 is 1.66. The van der Waals surface area contributed by atoms with E-state index >= 15 is 0 Å². The maximum Gasteiger partial charge on any atom is 0.225 e. The van der Waals surface area contributed by atoms with Gasteiger partial charge in [0.25, 0.3) is 0 Å². The number of anilines is 2. The Morgan fingerprint density at radius 3 is 2.84 bits per heavy atom. The summed E-state index contributed by atoms with van der Waals surface area (Å²) in [5.74, 6) is 0.649. The fraction of sp³-hybridized carbons (Fsp3) is 0.529. The Morgan fingerprint density at radius 1 is 1.36 bits per heavy atom. The zero-order chi connectivity index (χ0) is 17.2. The molecule has 3 heterocycles. The van der Waals surface area contributed by atoms with Crippen molar-refractivity contribution in [2.75, 3.05) is 36.5 Å². The molecule has 134 valence electrons. The lowest BCUT2D eigenvalue weighted by Gasteiger charge is -2.37. The van der Waals surface area contributed by atoms with Gasteiger partial charge in [-0.3, -0.25) is 0 Å². The summed E-state index contributed by atoms with van der Waals surface area (Å²) in [6, 6.07) is 4.11. The molecule has 2 aromatic heterocycles. The van der Waals surface area contributed by atoms with Crippen LogP contribution in [0.3, 0.4) is 0 Å². The minimum Gasteiger partial charge on any atom is -0.393 e. The molecule has 0 bridgehead atoms. The molecule has 2 N–H and O–H groups in total. The lowest BCUT2D eigenvalue weighted by Crippen LogP contribution is -2.38. The van der Waals surface area contributed by atoms with E-state index in [2.05, 4.69) is 21.4 Å². The number of thiophene rings is 1. The van der Waals surface area contributed by atoms with Crippen molar-refractivity contribution < 1.29 is 14.2 Å². The second kappa shape index (κ2) is 7.23. The van der Waals surface area contributed by atoms with E-state index in [1.165, 1.54) is 11.1 Å². The highest BCUT2D eigenvalue weighted by Gasteiger charge is 2.36. The number of hydrogen-bond acceptors (Lipinski definition) is 7. The molecule has 0 radical (unpaired) electrons. The van der Waals surface area contributed by atoms with Crippen LogP contribution in [0.2, 0.25) is 0 Å². The van der Waals surface area contributed by atoms with Crippen molar-refractivity contribution in [1.29, 1.82) is 0 Å². The number of nitrogens with one attached hydrogen (secondary N) is 1. The Hall–Kier alpha value is -1.77. The molecular formula is C17H21FN4O2S. The van der Waals surface area contributed by atoms with E-state index < -0.39 is 5.82 Å². The average molecular weight is 364 g/mol. The zero-order valence-electron chi connectivity index (χ0n) is 13.8. The predicted molar refractivity (Wildman–Crippen MR) is 94.4 cm³/mol. The third-order valence-corrected chi connectivity index (χ3v) is 5.75. The summed E-state index contributed by atoms with van der Waals surface area (Å²) in [6.45, 7) is 2.39. The van der Waals surface area contributed by atoms with Crippen LogP contribution < -0.4 is 10.2 Å². The molecule has 0 aromatic carbocycles. The number of aliphatic hydroxyl groups excluding tert-OH is 1. The monoisotopic (exact) mass is 364 g/mol. The van der Waals surface area contributed by atoms with Crippen molar-refractivity contribution in [1.82, 2.24) is 9.97 Å². The average Bonchev–Trinajstić information content (AvgIpc) is 3.14. The van der Waals surface area contributed by atoms with Crippen LogP contribution in [0.25, 0.3) is 0 Å². The number of aromatic nitrogens is 2. The maximum absolute atomic E-state index is 14.2. The van der Waals surface area contributed by atoms with Crippen LogP contribution in [0.5, 0.6) is 0 Å². The van der Waals surface area contributed by atoms with Gasteiger partial charge in [-0.15, -0.1) is 11.3 Å². The highest BCUT2D eigenvalue weighted by molar-refractivity contribution is 7.10. The van der Waals surface area contributed by atoms with Crippen molar-refractivity contribution in [2.24, 2.45) is 5.92 Å². The number of hydrogen-bond donors (Lipinski definition) is 2. The molecule has 2 fully saturated rings. The highest BCUT2D eigenvalue weighted by atomic mass is 32.1. The third kappa shape index (κ3) is 3.61. The maximum atomic E-state index is 14.2. The largest absolute Gasteiger partial charge is 0.393 e. The van der Waals surface area contributed by atoms with Crippen molar-refractivity contribution >= 4 is 23.1 Å². The van der Waals surface area contributed by atoms with Gasteiger partial charge in [0.15, 0.2) is 11.6 Å². The van der Waals surface area contributed by atoms with Gasteiger partial charge in [0.2, 0.25) is 5.95 Å². The molecule has 1 saturated carbocycles. The van der Waals surface area contributed by atoms with Crippen molar-refractivity contribution in [3.05, 3.63) is 34.4 Å².